The van der Waals surface area contributed by atoms with Crippen molar-refractivity contribution >= 4 is 35.3 Å². The van der Waals surface area contributed by atoms with Gasteiger partial charge in [0.2, 0.25) is 29.9 Å². The maximum absolute atomic E-state index is 13.9. The molecule has 1 fully saturated rings. The van der Waals surface area contributed by atoms with Crippen LogP contribution < -0.4 is 20.7 Å². The van der Waals surface area contributed by atoms with E-state index in [1.165, 1.54) is 40.2 Å². The van der Waals surface area contributed by atoms with Crippen molar-refractivity contribution in [2.45, 2.75) is 131 Å². The van der Waals surface area contributed by atoms with Gasteiger partial charge >= 0.3 is 5.97 Å². The van der Waals surface area contributed by atoms with Gasteiger partial charge in [0.05, 0.1) is 196 Å². The Morgan fingerprint density at radius 2 is 0.943 bits per heavy atom. The van der Waals surface area contributed by atoms with Crippen LogP contribution in [0.1, 0.15) is 37.7 Å². The first-order chi connectivity index (χ1) is 50.5. The van der Waals surface area contributed by atoms with Crippen LogP contribution >= 0.6 is 0 Å². The number of unbranched alkanes of at least 4 members (excludes halogenated alkanes) is 2. The summed E-state index contributed by atoms with van der Waals surface area (Å²) < 4.78 is 77.0. The van der Waals surface area contributed by atoms with Crippen LogP contribution in [0.4, 0.5) is 5.69 Å². The third-order valence-electron chi connectivity index (χ3n) is 15.7. The number of aliphatic hydroxyl groups is 15. The summed E-state index contributed by atoms with van der Waals surface area (Å²) in [4.78, 5) is 66.2. The van der Waals surface area contributed by atoms with Gasteiger partial charge in [-0.05, 0) is 36.6 Å². The van der Waals surface area contributed by atoms with Crippen molar-refractivity contribution in [1.82, 2.24) is 20.4 Å². The standard InChI is InChI=1S/C65H113N5O35/c71-40-43-5-6-50(104-65-61(88)59(86)60(87)62(105-65)64(90)91)44(36-43)68-63(89)45(67-52(79)4-2-1-3-10-70-53(80)7-8-54(70)81)37-66-51(78)9-12-92-14-16-94-18-20-96-22-24-98-26-28-100-30-32-102-34-35-103-33-31-101-29-27-99-25-23-97-21-19-95-17-15-93-13-11-69(38-46(74)55(82)57(84)48(76)41-72)39-47(75)56(83)58(85)49(77)42-73/h5-8,36,45-49,53,55-62,65,71-77,80,82-88H,1-4,9-35,37-42H2,(H,66,78)(H,67,79)(H,68,89)(H,90,91)/t45?,46-,47-,48+,49+,53?,55+,56+,57+,58+,59-,60-,61+,62-,65+/m0/s1. The zero-order valence-corrected chi connectivity index (χ0v) is 59.0. The molecule has 2 aliphatic rings. The summed E-state index contributed by atoms with van der Waals surface area (Å²) in [6.45, 7) is 3.57. The van der Waals surface area contributed by atoms with E-state index in [2.05, 4.69) is 16.0 Å². The first kappa shape index (κ1) is 94.2. The number of amides is 4. The summed E-state index contributed by atoms with van der Waals surface area (Å²) in [5, 5.41) is 167. The molecule has 0 spiro atoms. The third kappa shape index (κ3) is 39.8. The first-order valence-electron chi connectivity index (χ1n) is 34.7. The number of ether oxygens (including phenoxy) is 14. The lowest BCUT2D eigenvalue weighted by Crippen LogP contribution is -2.61. The third-order valence-corrected chi connectivity index (χ3v) is 15.7. The highest BCUT2D eigenvalue weighted by Gasteiger charge is 2.48. The Hall–Kier alpha value is -5.05. The van der Waals surface area contributed by atoms with Crippen LogP contribution in [0.25, 0.3) is 0 Å². The van der Waals surface area contributed by atoms with Gasteiger partial charge < -0.3 is 169 Å². The fourth-order valence-electron chi connectivity index (χ4n) is 9.64. The lowest BCUT2D eigenvalue weighted by atomic mass is 9.99. The van der Waals surface area contributed by atoms with Gasteiger partial charge in [0.1, 0.15) is 73.0 Å². The number of hydrogen-bond acceptors (Lipinski definition) is 35. The van der Waals surface area contributed by atoms with Gasteiger partial charge in [0.25, 0.3) is 0 Å². The zero-order valence-electron chi connectivity index (χ0n) is 59.0. The van der Waals surface area contributed by atoms with Crippen molar-refractivity contribution in [3.8, 4) is 5.75 Å². The highest BCUT2D eigenvalue weighted by atomic mass is 16.7. The normalized spacial score (nSPS) is 20.2. The molecule has 1 aromatic rings. The van der Waals surface area contributed by atoms with Gasteiger partial charge in [-0.25, -0.2) is 4.79 Å². The van der Waals surface area contributed by atoms with Crippen molar-refractivity contribution < 1.29 is 172 Å². The number of carboxylic acid groups (broad SMARTS) is 1. The molecule has 3 rings (SSSR count). The molecule has 0 saturated carbocycles. The molecular weight excluding hydrogens is 1410 g/mol. The van der Waals surface area contributed by atoms with E-state index in [1.807, 2.05) is 0 Å². The lowest BCUT2D eigenvalue weighted by molar-refractivity contribution is -0.271. The van der Waals surface area contributed by atoms with E-state index >= 15 is 0 Å². The smallest absolute Gasteiger partial charge is 0.335 e. The largest absolute Gasteiger partial charge is 0.479 e. The molecule has 0 aromatic heterocycles. The molecule has 0 bridgehead atoms. The number of carboxylic acids is 1. The van der Waals surface area contributed by atoms with Crippen molar-refractivity contribution in [1.29, 1.82) is 0 Å². The Morgan fingerprint density at radius 1 is 0.514 bits per heavy atom. The topological polar surface area (TPSA) is 581 Å². The van der Waals surface area contributed by atoms with Crippen LogP contribution in [0, 0.1) is 0 Å². The summed E-state index contributed by atoms with van der Waals surface area (Å²) in [6, 6.07) is 2.51. The highest BCUT2D eigenvalue weighted by Crippen LogP contribution is 2.31. The van der Waals surface area contributed by atoms with Crippen LogP contribution in [0.2, 0.25) is 0 Å². The van der Waals surface area contributed by atoms with Crippen LogP contribution in [0.3, 0.4) is 0 Å². The fourth-order valence-corrected chi connectivity index (χ4v) is 9.64. The van der Waals surface area contributed by atoms with Crippen molar-refractivity contribution in [2.75, 3.05) is 210 Å². The van der Waals surface area contributed by atoms with Gasteiger partial charge in [0, 0.05) is 51.6 Å². The monoisotopic (exact) mass is 1520 g/mol. The summed E-state index contributed by atoms with van der Waals surface area (Å²) in [6.07, 6.45) is -21.6. The molecule has 15 atom stereocenters. The van der Waals surface area contributed by atoms with Crippen molar-refractivity contribution in [2.24, 2.45) is 0 Å². The number of nitrogens with one attached hydrogen (secondary N) is 3. The average molecular weight is 1520 g/mol. The van der Waals surface area contributed by atoms with E-state index in [0.29, 0.717) is 118 Å². The van der Waals surface area contributed by atoms with E-state index in [1.54, 1.807) is 0 Å². The van der Waals surface area contributed by atoms with Crippen molar-refractivity contribution in [3.63, 3.8) is 0 Å². The second-order valence-corrected chi connectivity index (χ2v) is 23.8. The zero-order chi connectivity index (χ0) is 77.2. The van der Waals surface area contributed by atoms with E-state index in [9.17, 15) is 95.5 Å². The predicted octanol–water partition coefficient (Wildman–Crippen LogP) is -8.97. The van der Waals surface area contributed by atoms with Gasteiger partial charge in [0.15, 0.2) is 6.10 Å². The number of rotatable bonds is 66. The minimum absolute atomic E-state index is 0.00376. The average Bonchev–Trinajstić information content (AvgIpc) is 1.36. The summed E-state index contributed by atoms with van der Waals surface area (Å²) in [5.74, 6) is -4.20. The number of carbonyl (C=O) groups is 5. The Morgan fingerprint density at radius 3 is 1.35 bits per heavy atom. The Labute approximate surface area is 608 Å². The molecule has 19 N–H and O–H groups in total. The number of nitrogens with zero attached hydrogens (tertiary/aromatic N) is 2. The lowest BCUT2D eigenvalue weighted by Gasteiger charge is -2.38. The molecule has 608 valence electrons. The van der Waals surface area contributed by atoms with Gasteiger partial charge in [-0.3, -0.25) is 24.1 Å². The summed E-state index contributed by atoms with van der Waals surface area (Å²) in [7, 11) is 0. The van der Waals surface area contributed by atoms with Crippen LogP contribution in [-0.2, 0) is 92.2 Å². The van der Waals surface area contributed by atoms with Crippen LogP contribution in [0.15, 0.2) is 30.4 Å². The van der Waals surface area contributed by atoms with Crippen molar-refractivity contribution in [3.05, 3.63) is 35.9 Å². The number of aliphatic hydroxyl groups excluding tert-OH is 15. The minimum atomic E-state index is -2.01. The van der Waals surface area contributed by atoms with E-state index in [-0.39, 0.29) is 108 Å². The molecule has 0 aliphatic carbocycles. The summed E-state index contributed by atoms with van der Waals surface area (Å²) in [5.41, 5.74) is 0.116. The second-order valence-electron chi connectivity index (χ2n) is 23.8. The summed E-state index contributed by atoms with van der Waals surface area (Å²) >= 11 is 0. The molecule has 2 heterocycles. The fraction of sp³-hybridized carbons (Fsp3) is 0.800. The quantitative estimate of drug-likeness (QED) is 0.0269. The predicted molar refractivity (Wildman–Crippen MR) is 359 cm³/mol. The molecule has 40 heteroatoms. The Bertz CT molecular complexity index is 2480. The molecule has 1 aromatic carbocycles. The minimum Gasteiger partial charge on any atom is -0.479 e. The van der Waals surface area contributed by atoms with E-state index in [0.717, 1.165) is 0 Å². The van der Waals surface area contributed by atoms with Gasteiger partial charge in [-0.1, -0.05) is 12.5 Å². The second kappa shape index (κ2) is 57.1. The van der Waals surface area contributed by atoms with Crippen LogP contribution in [-0.4, -0.2) is 417 Å². The molecule has 105 heavy (non-hydrogen) atoms. The number of aliphatic carboxylic acids is 1. The molecular formula is C65H113N5O35. The van der Waals surface area contributed by atoms with Crippen LogP contribution in [0.5, 0.6) is 5.75 Å². The molecule has 40 nitrogen and oxygen atoms in total. The van der Waals surface area contributed by atoms with E-state index in [4.69, 9.17) is 76.5 Å². The number of carbonyl (C=O) groups excluding carboxylic acids is 4. The first-order valence-corrected chi connectivity index (χ1v) is 34.7. The molecule has 2 unspecified atom stereocenters. The number of benzene rings is 1. The Balaban J connectivity index is 1.14. The molecule has 4 amide bonds. The van der Waals surface area contributed by atoms with E-state index < -0.39 is 155 Å². The Kier molecular flexibility index (Phi) is 51.2. The van der Waals surface area contributed by atoms with Gasteiger partial charge in [-0.2, -0.15) is 0 Å². The van der Waals surface area contributed by atoms with Gasteiger partial charge in [-0.15, -0.1) is 0 Å². The maximum atomic E-state index is 13.9. The SMILES string of the molecule is O=C(CCOCCOCCOCCOCCOCCOCCOCCOCCOCCOCCOCCOCCN(C[C@H](O)[C@@H](O)[C@H](O)[C@H](O)CO)C[C@H](O)[C@@H](O)[C@H](O)[C@H](O)CO)NCC(NC(=O)CCCCCN1C(=O)C=CC1O)C(=O)Nc1cc(CO)ccc1O[C@@H]1O[C@H](C(=O)O)[C@@H](O)[C@H](O)[C@H]1O. The molecule has 0 radical (unpaired) electrons. The molecule has 2 aliphatic heterocycles. The number of hydrogen-bond donors (Lipinski definition) is 19. The number of anilines is 1. The highest BCUT2D eigenvalue weighted by molar-refractivity contribution is 5.99. The molecule has 1 saturated heterocycles. The maximum Gasteiger partial charge on any atom is 0.335 e.